The van der Waals surface area contributed by atoms with Gasteiger partial charge in [-0.2, -0.15) is 0 Å². The fourth-order valence-corrected chi connectivity index (χ4v) is 4.95. The Bertz CT molecular complexity index is 1030. The molecule has 2 aromatic rings. The Morgan fingerprint density at radius 3 is 2.70 bits per heavy atom. The summed E-state index contributed by atoms with van der Waals surface area (Å²) in [6.45, 7) is 3.39. The Morgan fingerprint density at radius 2 is 2.07 bits per heavy atom. The van der Waals surface area contributed by atoms with Gasteiger partial charge in [0.25, 0.3) is 5.91 Å². The minimum Gasteiger partial charge on any atom is -0.489 e. The van der Waals surface area contributed by atoms with E-state index in [0.717, 1.165) is 11.3 Å². The van der Waals surface area contributed by atoms with Crippen molar-refractivity contribution in [2.24, 2.45) is 0 Å². The number of benzene rings is 1. The summed E-state index contributed by atoms with van der Waals surface area (Å²) in [6.07, 6.45) is 0.392. The molecule has 3 rings (SSSR count). The number of nitrogens with zero attached hydrogens (tertiary/aromatic N) is 2. The molecule has 1 aliphatic rings. The predicted molar refractivity (Wildman–Crippen MR) is 107 cm³/mol. The maximum Gasteiger partial charge on any atom is 0.338 e. The summed E-state index contributed by atoms with van der Waals surface area (Å²) in [5, 5.41) is 3.87. The van der Waals surface area contributed by atoms with Crippen LogP contribution in [0.25, 0.3) is 0 Å². The number of amides is 1. The molecule has 1 unspecified atom stereocenters. The second-order valence-electron chi connectivity index (χ2n) is 7.26. The molecule has 10 heteroatoms. The van der Waals surface area contributed by atoms with Crippen LogP contribution >= 0.6 is 0 Å². The lowest BCUT2D eigenvalue weighted by Gasteiger charge is -2.23. The topological polar surface area (TPSA) is 116 Å². The first-order valence-electron chi connectivity index (χ1n) is 9.44. The van der Waals surface area contributed by atoms with Gasteiger partial charge in [-0.05, 0) is 38.5 Å². The highest BCUT2D eigenvalue weighted by Crippen LogP contribution is 2.19. The van der Waals surface area contributed by atoms with Crippen LogP contribution in [0.1, 0.15) is 33.8 Å². The van der Waals surface area contributed by atoms with E-state index >= 15 is 0 Å². The number of carbonyl (C=O) groups is 2. The Balaban J connectivity index is 1.54. The fourth-order valence-electron chi connectivity index (χ4n) is 3.17. The average Bonchev–Trinajstić information content (AvgIpc) is 3.24. The lowest BCUT2D eigenvalue weighted by atomic mass is 10.2. The van der Waals surface area contributed by atoms with Crippen LogP contribution in [0.4, 0.5) is 0 Å². The molecule has 1 fully saturated rings. The molecule has 162 valence electrons. The lowest BCUT2D eigenvalue weighted by Crippen LogP contribution is -2.40. The molecule has 1 saturated heterocycles. The van der Waals surface area contributed by atoms with Crippen molar-refractivity contribution in [3.8, 4) is 5.75 Å². The van der Waals surface area contributed by atoms with Gasteiger partial charge >= 0.3 is 5.97 Å². The summed E-state index contributed by atoms with van der Waals surface area (Å²) in [5.74, 6) is 0.0170. The smallest absolute Gasteiger partial charge is 0.338 e. The number of rotatable bonds is 7. The number of aryl methyl sites for hydroxylation is 2. The van der Waals surface area contributed by atoms with E-state index in [0.29, 0.717) is 17.9 Å². The quantitative estimate of drug-likeness (QED) is 0.602. The fraction of sp³-hybridized carbons (Fsp3) is 0.450. The van der Waals surface area contributed by atoms with E-state index in [1.54, 1.807) is 25.1 Å². The van der Waals surface area contributed by atoms with Gasteiger partial charge in [0.15, 0.2) is 16.4 Å². The second kappa shape index (κ2) is 8.86. The largest absolute Gasteiger partial charge is 0.489 e. The van der Waals surface area contributed by atoms with Gasteiger partial charge in [-0.1, -0.05) is 11.2 Å². The van der Waals surface area contributed by atoms with E-state index in [2.05, 4.69) is 5.16 Å². The standard InChI is InChI=1S/C20H24N2O7S/c1-13-18(14(2)29-21-13)10-27-17-6-4-5-15(9-17)20(24)28-11-19(23)22(3)16-7-8-30(25,26)12-16/h4-6,9,16H,7-8,10-12H2,1-3H3. The van der Waals surface area contributed by atoms with Gasteiger partial charge < -0.3 is 18.9 Å². The predicted octanol–water partition coefficient (Wildman–Crippen LogP) is 1.67. The third-order valence-electron chi connectivity index (χ3n) is 5.11. The van der Waals surface area contributed by atoms with Gasteiger partial charge in [0.05, 0.1) is 28.3 Å². The number of hydrogen-bond donors (Lipinski definition) is 0. The van der Waals surface area contributed by atoms with Crippen molar-refractivity contribution in [2.75, 3.05) is 25.2 Å². The molecule has 0 saturated carbocycles. The number of carbonyl (C=O) groups excluding carboxylic acids is 2. The molecule has 9 nitrogen and oxygen atoms in total. The van der Waals surface area contributed by atoms with Crippen molar-refractivity contribution in [1.29, 1.82) is 0 Å². The normalized spacial score (nSPS) is 17.5. The average molecular weight is 436 g/mol. The molecule has 0 N–H and O–H groups in total. The van der Waals surface area contributed by atoms with Crippen LogP contribution in [0.2, 0.25) is 0 Å². The summed E-state index contributed by atoms with van der Waals surface area (Å²) in [5.41, 5.74) is 1.82. The Labute approximate surface area is 174 Å². The van der Waals surface area contributed by atoms with Crippen LogP contribution in [-0.4, -0.2) is 61.6 Å². The van der Waals surface area contributed by atoms with E-state index in [4.69, 9.17) is 14.0 Å². The molecule has 0 spiro atoms. The first kappa shape index (κ1) is 21.8. The Morgan fingerprint density at radius 1 is 1.30 bits per heavy atom. The number of hydrogen-bond acceptors (Lipinski definition) is 8. The van der Waals surface area contributed by atoms with Gasteiger partial charge in [-0.15, -0.1) is 0 Å². The first-order valence-corrected chi connectivity index (χ1v) is 11.3. The van der Waals surface area contributed by atoms with Gasteiger partial charge in [0, 0.05) is 13.1 Å². The summed E-state index contributed by atoms with van der Waals surface area (Å²) < 4.78 is 39.1. The zero-order valence-electron chi connectivity index (χ0n) is 17.1. The van der Waals surface area contributed by atoms with Crippen molar-refractivity contribution < 1.29 is 32.0 Å². The van der Waals surface area contributed by atoms with Crippen LogP contribution in [0.5, 0.6) is 5.75 Å². The van der Waals surface area contributed by atoms with Crippen LogP contribution in [0.15, 0.2) is 28.8 Å². The van der Waals surface area contributed by atoms with Gasteiger partial charge in [0.2, 0.25) is 0 Å². The van der Waals surface area contributed by atoms with Crippen molar-refractivity contribution >= 4 is 21.7 Å². The van der Waals surface area contributed by atoms with E-state index in [1.165, 1.54) is 18.0 Å². The Hall–Kier alpha value is -2.88. The number of likely N-dealkylation sites (N-methyl/N-ethyl adjacent to an activating group) is 1. The zero-order chi connectivity index (χ0) is 21.9. The van der Waals surface area contributed by atoms with Crippen molar-refractivity contribution in [2.45, 2.75) is 32.9 Å². The molecule has 2 heterocycles. The molecular formula is C20H24N2O7S. The molecule has 1 aliphatic heterocycles. The maximum absolute atomic E-state index is 12.3. The minimum absolute atomic E-state index is 0.0618. The highest BCUT2D eigenvalue weighted by Gasteiger charge is 2.33. The van der Waals surface area contributed by atoms with E-state index < -0.39 is 28.3 Å². The molecule has 1 amide bonds. The van der Waals surface area contributed by atoms with Gasteiger partial charge in [-0.25, -0.2) is 13.2 Å². The van der Waals surface area contributed by atoms with Crippen molar-refractivity contribution in [3.05, 3.63) is 46.8 Å². The van der Waals surface area contributed by atoms with Crippen LogP contribution in [-0.2, 0) is 26.0 Å². The first-order chi connectivity index (χ1) is 14.2. The molecule has 1 aromatic carbocycles. The van der Waals surface area contributed by atoms with Crippen LogP contribution in [0.3, 0.4) is 0 Å². The number of aromatic nitrogens is 1. The van der Waals surface area contributed by atoms with E-state index in [1.807, 2.05) is 6.92 Å². The minimum atomic E-state index is -3.11. The van der Waals surface area contributed by atoms with Crippen molar-refractivity contribution in [1.82, 2.24) is 10.1 Å². The number of esters is 1. The molecule has 0 aliphatic carbocycles. The molecular weight excluding hydrogens is 412 g/mol. The Kier molecular flexibility index (Phi) is 6.45. The molecule has 1 atom stereocenters. The zero-order valence-corrected chi connectivity index (χ0v) is 17.9. The second-order valence-corrected chi connectivity index (χ2v) is 9.49. The summed E-state index contributed by atoms with van der Waals surface area (Å²) >= 11 is 0. The molecule has 0 radical (unpaired) electrons. The SMILES string of the molecule is Cc1noc(C)c1COc1cccc(C(=O)OCC(=O)N(C)C2CCS(=O)(=O)C2)c1. The highest BCUT2D eigenvalue weighted by molar-refractivity contribution is 7.91. The van der Waals surface area contributed by atoms with E-state index in [-0.39, 0.29) is 29.7 Å². The van der Waals surface area contributed by atoms with Crippen LogP contribution in [0, 0.1) is 13.8 Å². The van der Waals surface area contributed by atoms with E-state index in [9.17, 15) is 18.0 Å². The highest BCUT2D eigenvalue weighted by atomic mass is 32.2. The lowest BCUT2D eigenvalue weighted by molar-refractivity contribution is -0.134. The summed E-state index contributed by atoms with van der Waals surface area (Å²) in [4.78, 5) is 25.9. The van der Waals surface area contributed by atoms with Crippen LogP contribution < -0.4 is 4.74 Å². The molecule has 30 heavy (non-hydrogen) atoms. The number of sulfone groups is 1. The number of ether oxygens (including phenoxy) is 2. The molecule has 1 aromatic heterocycles. The third-order valence-corrected chi connectivity index (χ3v) is 6.86. The molecule has 0 bridgehead atoms. The summed E-state index contributed by atoms with van der Waals surface area (Å²) in [6, 6.07) is 6.05. The summed E-state index contributed by atoms with van der Waals surface area (Å²) in [7, 11) is -1.59. The maximum atomic E-state index is 12.3. The van der Waals surface area contributed by atoms with Gasteiger partial charge in [-0.3, -0.25) is 4.79 Å². The third kappa shape index (κ3) is 5.18. The monoisotopic (exact) mass is 436 g/mol. The van der Waals surface area contributed by atoms with Gasteiger partial charge in [0.1, 0.15) is 18.1 Å². The van der Waals surface area contributed by atoms with Crippen molar-refractivity contribution in [3.63, 3.8) is 0 Å².